The van der Waals surface area contributed by atoms with Crippen LogP contribution in [-0.4, -0.2) is 67.7 Å². The van der Waals surface area contributed by atoms with Gasteiger partial charge in [0.2, 0.25) is 0 Å². The van der Waals surface area contributed by atoms with Gasteiger partial charge >= 0.3 is 11.9 Å². The van der Waals surface area contributed by atoms with Crippen LogP contribution in [0.25, 0.3) is 0 Å². The molecule has 4 saturated carbocycles. The van der Waals surface area contributed by atoms with Crippen LogP contribution in [0, 0.1) is 50.2 Å². The molecule has 0 amide bonds. The van der Waals surface area contributed by atoms with E-state index in [1.807, 2.05) is 6.92 Å². The fraction of sp³-hybridized carbons (Fsp3) is 0.872. The monoisotopic (exact) mass is 639 g/mol. The summed E-state index contributed by atoms with van der Waals surface area (Å²) in [6, 6.07) is 0. The fourth-order valence-corrected chi connectivity index (χ4v) is 12.3. The first-order chi connectivity index (χ1) is 21.4. The van der Waals surface area contributed by atoms with Crippen LogP contribution in [0.2, 0.25) is 0 Å². The highest BCUT2D eigenvalue weighted by atomic mass is 16.5. The number of carbonyl (C=O) groups is 3. The predicted octanol–water partition coefficient (Wildman–Crippen LogP) is 7.16. The second-order valence-electron chi connectivity index (χ2n) is 18.3. The van der Waals surface area contributed by atoms with Crippen LogP contribution in [0.4, 0.5) is 0 Å². The van der Waals surface area contributed by atoms with Crippen molar-refractivity contribution in [2.45, 2.75) is 132 Å². The molecular formula is C39H61NO6. The molecule has 1 heterocycles. The Kier molecular flexibility index (Phi) is 8.48. The fourth-order valence-electron chi connectivity index (χ4n) is 12.3. The van der Waals surface area contributed by atoms with Gasteiger partial charge in [0.25, 0.3) is 0 Å². The van der Waals surface area contributed by atoms with E-state index in [2.05, 4.69) is 59.4 Å². The molecule has 1 saturated heterocycles. The first kappa shape index (κ1) is 34.1. The van der Waals surface area contributed by atoms with Gasteiger partial charge in [-0.1, -0.05) is 47.1 Å². The number of hydrogen-bond acceptors (Lipinski definition) is 7. The number of fused-ring (bicyclic) bond motifs is 7. The SMILES string of the molecule is CC(=O)O[C@@H]1CC[C@]2(C)[C@H](CC[C@]3(C)[C@@H]2C(=O)C=C2[C@@H]4C[C@](C)(C(=O)O[C@H](C)CN5CCOCC5)CC[C@]4(C)CC[C@@]23C)C1(C)C. The Morgan fingerprint density at radius 1 is 0.957 bits per heavy atom. The van der Waals surface area contributed by atoms with Gasteiger partial charge in [-0.25, -0.2) is 0 Å². The predicted molar refractivity (Wildman–Crippen MR) is 178 cm³/mol. The van der Waals surface area contributed by atoms with Crippen molar-refractivity contribution in [1.29, 1.82) is 0 Å². The van der Waals surface area contributed by atoms with Crippen molar-refractivity contribution < 1.29 is 28.6 Å². The molecule has 0 spiro atoms. The lowest BCUT2D eigenvalue weighted by Crippen LogP contribution is -2.66. The molecule has 258 valence electrons. The first-order valence-electron chi connectivity index (χ1n) is 18.3. The van der Waals surface area contributed by atoms with Gasteiger partial charge in [-0.05, 0) is 111 Å². The van der Waals surface area contributed by atoms with E-state index in [1.165, 1.54) is 12.5 Å². The molecular weight excluding hydrogens is 578 g/mol. The molecule has 7 heteroatoms. The highest BCUT2D eigenvalue weighted by Gasteiger charge is 2.70. The lowest BCUT2D eigenvalue weighted by atomic mass is 9.33. The smallest absolute Gasteiger partial charge is 0.312 e. The number of rotatable bonds is 5. The summed E-state index contributed by atoms with van der Waals surface area (Å²) in [7, 11) is 0. The van der Waals surface area contributed by atoms with Crippen molar-refractivity contribution in [2.24, 2.45) is 50.2 Å². The lowest BCUT2D eigenvalue weighted by Gasteiger charge is -2.70. The third-order valence-corrected chi connectivity index (χ3v) is 15.2. The van der Waals surface area contributed by atoms with E-state index >= 15 is 0 Å². The van der Waals surface area contributed by atoms with Crippen molar-refractivity contribution in [3.63, 3.8) is 0 Å². The summed E-state index contributed by atoms with van der Waals surface area (Å²) in [5.74, 6) is 0.443. The van der Waals surface area contributed by atoms with Crippen molar-refractivity contribution >= 4 is 17.7 Å². The van der Waals surface area contributed by atoms with E-state index in [9.17, 15) is 14.4 Å². The molecule has 0 aromatic heterocycles. The molecule has 1 aliphatic heterocycles. The minimum absolute atomic E-state index is 0.0598. The molecule has 0 aromatic carbocycles. The number of esters is 2. The van der Waals surface area contributed by atoms with E-state index in [0.29, 0.717) is 11.7 Å². The minimum Gasteiger partial charge on any atom is -0.462 e. The van der Waals surface area contributed by atoms with Gasteiger partial charge in [0.05, 0.1) is 18.6 Å². The number of morpholine rings is 1. The van der Waals surface area contributed by atoms with Crippen molar-refractivity contribution in [3.8, 4) is 0 Å². The van der Waals surface area contributed by atoms with Gasteiger partial charge in [-0.15, -0.1) is 0 Å². The molecule has 46 heavy (non-hydrogen) atoms. The van der Waals surface area contributed by atoms with E-state index in [0.717, 1.165) is 90.6 Å². The van der Waals surface area contributed by atoms with Crippen LogP contribution in [0.5, 0.6) is 0 Å². The molecule has 5 aliphatic carbocycles. The topological polar surface area (TPSA) is 82.1 Å². The van der Waals surface area contributed by atoms with Gasteiger partial charge in [0.15, 0.2) is 5.78 Å². The number of ether oxygens (including phenoxy) is 3. The summed E-state index contributed by atoms with van der Waals surface area (Å²) in [6.45, 7) is 23.8. The molecule has 6 aliphatic rings. The Labute approximate surface area is 277 Å². The molecule has 10 atom stereocenters. The molecule has 0 unspecified atom stereocenters. The number of hydrogen-bond donors (Lipinski definition) is 0. The van der Waals surface area contributed by atoms with Gasteiger partial charge in [-0.3, -0.25) is 19.3 Å². The summed E-state index contributed by atoms with van der Waals surface area (Å²) in [5.41, 5.74) is 0.224. The molecule has 0 aromatic rings. The summed E-state index contributed by atoms with van der Waals surface area (Å²) in [5, 5.41) is 0. The van der Waals surface area contributed by atoms with Gasteiger partial charge < -0.3 is 14.2 Å². The third kappa shape index (κ3) is 5.15. The van der Waals surface area contributed by atoms with Crippen molar-refractivity contribution in [3.05, 3.63) is 11.6 Å². The summed E-state index contributed by atoms with van der Waals surface area (Å²) >= 11 is 0. The second-order valence-corrected chi connectivity index (χ2v) is 18.3. The maximum atomic E-state index is 14.7. The summed E-state index contributed by atoms with van der Waals surface area (Å²) in [6.07, 6.45) is 10.3. The largest absolute Gasteiger partial charge is 0.462 e. The molecule has 0 bridgehead atoms. The van der Waals surface area contributed by atoms with E-state index in [4.69, 9.17) is 14.2 Å². The van der Waals surface area contributed by atoms with Crippen LogP contribution in [0.1, 0.15) is 120 Å². The normalized spacial score (nSPS) is 46.0. The van der Waals surface area contributed by atoms with Gasteiger partial charge in [-0.2, -0.15) is 0 Å². The quantitative estimate of drug-likeness (QED) is 0.295. The third-order valence-electron chi connectivity index (χ3n) is 15.2. The zero-order valence-corrected chi connectivity index (χ0v) is 30.3. The summed E-state index contributed by atoms with van der Waals surface area (Å²) < 4.78 is 17.6. The maximum absolute atomic E-state index is 14.7. The number of carbonyl (C=O) groups excluding carboxylic acids is 3. The molecule has 0 radical (unpaired) electrons. The average Bonchev–Trinajstić information content (AvgIpc) is 2.97. The zero-order chi connectivity index (χ0) is 33.5. The van der Waals surface area contributed by atoms with E-state index in [-0.39, 0.29) is 63.1 Å². The standard InChI is InChI=1S/C39H61NO6/c1-25(24-40-18-20-44-21-19-40)45-33(43)36(6)15-14-35(5)16-17-38(8)27(28(35)23-36)22-29(42)32-37(7)12-11-31(46-26(2)41)34(3,4)30(37)10-13-39(32,38)9/h22,25,28,30-32H,10-21,23-24H2,1-9H3/t25-,28+,30-,31-,32-,35-,36-,37-,38+,39-/m1/s1. The molecule has 6 rings (SSSR count). The molecule has 7 nitrogen and oxygen atoms in total. The van der Waals surface area contributed by atoms with E-state index < -0.39 is 5.41 Å². The van der Waals surface area contributed by atoms with Crippen LogP contribution in [0.15, 0.2) is 11.6 Å². The Morgan fingerprint density at radius 3 is 2.30 bits per heavy atom. The Bertz CT molecular complexity index is 1280. The Morgan fingerprint density at radius 2 is 1.63 bits per heavy atom. The Balaban J connectivity index is 1.28. The number of nitrogens with zero attached hydrogens (tertiary/aromatic N) is 1. The number of allylic oxidation sites excluding steroid dienone is 2. The van der Waals surface area contributed by atoms with E-state index in [1.54, 1.807) is 0 Å². The van der Waals surface area contributed by atoms with Gasteiger partial charge in [0.1, 0.15) is 12.2 Å². The van der Waals surface area contributed by atoms with Gasteiger partial charge in [0, 0.05) is 37.9 Å². The highest BCUT2D eigenvalue weighted by molar-refractivity contribution is 5.95. The van der Waals surface area contributed by atoms with Crippen LogP contribution < -0.4 is 0 Å². The van der Waals surface area contributed by atoms with Crippen LogP contribution in [-0.2, 0) is 28.6 Å². The summed E-state index contributed by atoms with van der Waals surface area (Å²) in [4.78, 5) is 43.0. The minimum atomic E-state index is -0.563. The number of ketones is 1. The second kappa shape index (κ2) is 11.4. The van der Waals surface area contributed by atoms with Crippen LogP contribution in [0.3, 0.4) is 0 Å². The maximum Gasteiger partial charge on any atom is 0.312 e. The Hall–Kier alpha value is -1.73. The highest BCUT2D eigenvalue weighted by Crippen LogP contribution is 2.75. The zero-order valence-electron chi connectivity index (χ0n) is 30.3. The van der Waals surface area contributed by atoms with Crippen molar-refractivity contribution in [2.75, 3.05) is 32.8 Å². The van der Waals surface area contributed by atoms with Crippen LogP contribution >= 0.6 is 0 Å². The first-order valence-corrected chi connectivity index (χ1v) is 18.3. The molecule has 5 fully saturated rings. The average molecular weight is 640 g/mol. The lowest BCUT2D eigenvalue weighted by molar-refractivity contribution is -0.210. The van der Waals surface area contributed by atoms with Crippen molar-refractivity contribution in [1.82, 2.24) is 4.90 Å². The molecule has 0 N–H and O–H groups in total.